The lowest BCUT2D eigenvalue weighted by molar-refractivity contribution is 0.0697. The van der Waals surface area contributed by atoms with Crippen molar-refractivity contribution >= 4 is 5.97 Å². The summed E-state index contributed by atoms with van der Waals surface area (Å²) < 4.78 is 1.53. The topological polar surface area (TPSA) is 55.1 Å². The number of rotatable bonds is 4. The summed E-state index contributed by atoms with van der Waals surface area (Å²) in [5.74, 6) is -0.948. The lowest BCUT2D eigenvalue weighted by Crippen LogP contribution is -1.96. The number of nitrogens with zero attached hydrogens (tertiary/aromatic N) is 2. The first-order valence-corrected chi connectivity index (χ1v) is 5.98. The Bertz CT molecular complexity index is 556. The highest BCUT2D eigenvalue weighted by Crippen LogP contribution is 2.22. The second kappa shape index (κ2) is 5.04. The van der Waals surface area contributed by atoms with Crippen molar-refractivity contribution in [3.63, 3.8) is 0 Å². The third-order valence-corrected chi connectivity index (χ3v) is 2.83. The lowest BCUT2D eigenvalue weighted by atomic mass is 10.0. The second-order valence-electron chi connectivity index (χ2n) is 4.32. The zero-order valence-corrected chi connectivity index (χ0v) is 10.6. The molecule has 0 aliphatic rings. The molecule has 4 nitrogen and oxygen atoms in total. The molecule has 0 radical (unpaired) electrons. The van der Waals surface area contributed by atoms with Gasteiger partial charge in [-0.05, 0) is 12.0 Å². The molecular formula is C14H16N2O2. The van der Waals surface area contributed by atoms with Crippen LogP contribution in [0.15, 0.2) is 30.5 Å². The van der Waals surface area contributed by atoms with Gasteiger partial charge in [-0.1, -0.05) is 37.6 Å². The molecule has 0 atom stereocenters. The summed E-state index contributed by atoms with van der Waals surface area (Å²) in [4.78, 5) is 11.1. The first-order chi connectivity index (χ1) is 8.61. The fourth-order valence-corrected chi connectivity index (χ4v) is 1.98. The Hall–Kier alpha value is -2.10. The van der Waals surface area contributed by atoms with Crippen molar-refractivity contribution in [1.29, 1.82) is 0 Å². The van der Waals surface area contributed by atoms with Crippen molar-refractivity contribution in [2.45, 2.75) is 19.8 Å². The van der Waals surface area contributed by atoms with Crippen LogP contribution in [0.5, 0.6) is 0 Å². The quantitative estimate of drug-likeness (QED) is 0.899. The summed E-state index contributed by atoms with van der Waals surface area (Å²) in [6.45, 7) is 2.13. The average molecular weight is 244 g/mol. The minimum Gasteiger partial charge on any atom is -0.478 e. The van der Waals surface area contributed by atoms with Crippen LogP contribution in [-0.2, 0) is 13.5 Å². The molecule has 1 heterocycles. The maximum atomic E-state index is 11.1. The minimum absolute atomic E-state index is 0.237. The third-order valence-electron chi connectivity index (χ3n) is 2.83. The molecule has 0 bridgehead atoms. The van der Waals surface area contributed by atoms with E-state index in [4.69, 9.17) is 5.11 Å². The molecule has 0 amide bonds. The fraction of sp³-hybridized carbons (Fsp3) is 0.286. The molecule has 4 heteroatoms. The van der Waals surface area contributed by atoms with Crippen LogP contribution < -0.4 is 0 Å². The minimum atomic E-state index is -0.948. The highest BCUT2D eigenvalue weighted by atomic mass is 16.4. The highest BCUT2D eigenvalue weighted by Gasteiger charge is 2.15. The summed E-state index contributed by atoms with van der Waals surface area (Å²) in [5, 5.41) is 13.3. The molecule has 0 saturated carbocycles. The molecule has 2 aromatic rings. The van der Waals surface area contributed by atoms with Gasteiger partial charge in [-0.3, -0.25) is 4.68 Å². The van der Waals surface area contributed by atoms with E-state index in [9.17, 15) is 4.79 Å². The van der Waals surface area contributed by atoms with Gasteiger partial charge in [0.05, 0.1) is 0 Å². The van der Waals surface area contributed by atoms with Crippen molar-refractivity contribution in [3.05, 3.63) is 41.6 Å². The van der Waals surface area contributed by atoms with Crippen molar-refractivity contribution < 1.29 is 9.90 Å². The Morgan fingerprint density at radius 1 is 1.33 bits per heavy atom. The van der Waals surface area contributed by atoms with Gasteiger partial charge in [0, 0.05) is 18.8 Å². The smallest absolute Gasteiger partial charge is 0.339 e. The Balaban J connectivity index is 2.39. The number of carbonyl (C=O) groups is 1. The van der Waals surface area contributed by atoms with E-state index >= 15 is 0 Å². The van der Waals surface area contributed by atoms with Gasteiger partial charge < -0.3 is 5.11 Å². The molecule has 1 N–H and O–H groups in total. The van der Waals surface area contributed by atoms with E-state index in [1.807, 2.05) is 24.3 Å². The number of carboxylic acids is 1. The Morgan fingerprint density at radius 2 is 2.00 bits per heavy atom. The number of benzene rings is 1. The van der Waals surface area contributed by atoms with Gasteiger partial charge in [-0.15, -0.1) is 0 Å². The van der Waals surface area contributed by atoms with E-state index in [2.05, 4.69) is 12.0 Å². The van der Waals surface area contributed by atoms with Crippen LogP contribution in [0, 0.1) is 0 Å². The molecule has 2 rings (SSSR count). The normalized spacial score (nSPS) is 10.6. The van der Waals surface area contributed by atoms with Gasteiger partial charge >= 0.3 is 5.97 Å². The van der Waals surface area contributed by atoms with E-state index in [1.54, 1.807) is 7.05 Å². The lowest BCUT2D eigenvalue weighted by Gasteiger charge is -2.02. The summed E-state index contributed by atoms with van der Waals surface area (Å²) in [7, 11) is 1.72. The maximum Gasteiger partial charge on any atom is 0.339 e. The molecule has 0 spiro atoms. The molecule has 0 aliphatic heterocycles. The molecule has 18 heavy (non-hydrogen) atoms. The Morgan fingerprint density at radius 3 is 2.56 bits per heavy atom. The largest absolute Gasteiger partial charge is 0.478 e. The van der Waals surface area contributed by atoms with Crippen LogP contribution in [0.1, 0.15) is 29.3 Å². The fourth-order valence-electron chi connectivity index (χ4n) is 1.98. The van der Waals surface area contributed by atoms with Crippen LogP contribution in [0.25, 0.3) is 11.3 Å². The molecule has 0 fully saturated rings. The van der Waals surface area contributed by atoms with Gasteiger partial charge in [0.25, 0.3) is 0 Å². The van der Waals surface area contributed by atoms with Crippen LogP contribution in [-0.4, -0.2) is 20.9 Å². The number of aromatic nitrogens is 2. The van der Waals surface area contributed by atoms with Crippen LogP contribution >= 0.6 is 0 Å². The van der Waals surface area contributed by atoms with E-state index in [0.29, 0.717) is 5.69 Å². The highest BCUT2D eigenvalue weighted by molar-refractivity contribution is 5.94. The monoisotopic (exact) mass is 244 g/mol. The zero-order chi connectivity index (χ0) is 13.1. The summed E-state index contributed by atoms with van der Waals surface area (Å²) in [6.07, 6.45) is 3.66. The molecule has 94 valence electrons. The summed E-state index contributed by atoms with van der Waals surface area (Å²) in [5.41, 5.74) is 2.86. The first kappa shape index (κ1) is 12.4. The predicted molar refractivity (Wildman–Crippen MR) is 69.6 cm³/mol. The van der Waals surface area contributed by atoms with Gasteiger partial charge in [0.1, 0.15) is 11.3 Å². The molecule has 0 aliphatic carbocycles. The standard InChI is InChI=1S/C14H16N2O2/c1-3-4-10-5-7-11(8-6-10)13-12(14(17)18)9-16(2)15-13/h5-9H,3-4H2,1-2H3,(H,17,18). The second-order valence-corrected chi connectivity index (χ2v) is 4.32. The van der Waals surface area contributed by atoms with Gasteiger partial charge in [-0.25, -0.2) is 4.79 Å². The predicted octanol–water partition coefficient (Wildman–Crippen LogP) is 2.74. The SMILES string of the molecule is CCCc1ccc(-c2nn(C)cc2C(=O)O)cc1. The van der Waals surface area contributed by atoms with Crippen LogP contribution in [0.2, 0.25) is 0 Å². The van der Waals surface area contributed by atoms with Crippen molar-refractivity contribution in [2.24, 2.45) is 7.05 Å². The number of aromatic carboxylic acids is 1. The molecule has 1 aromatic heterocycles. The summed E-state index contributed by atoms with van der Waals surface area (Å²) in [6, 6.07) is 7.91. The van der Waals surface area contributed by atoms with Gasteiger partial charge in [0.2, 0.25) is 0 Å². The third kappa shape index (κ3) is 2.42. The average Bonchev–Trinajstić information content (AvgIpc) is 2.73. The van der Waals surface area contributed by atoms with Crippen LogP contribution in [0.3, 0.4) is 0 Å². The zero-order valence-electron chi connectivity index (χ0n) is 10.6. The first-order valence-electron chi connectivity index (χ1n) is 5.98. The van der Waals surface area contributed by atoms with E-state index in [-0.39, 0.29) is 5.56 Å². The van der Waals surface area contributed by atoms with Crippen molar-refractivity contribution in [1.82, 2.24) is 9.78 Å². The number of hydrogen-bond donors (Lipinski definition) is 1. The number of carboxylic acid groups (broad SMARTS) is 1. The molecule has 1 aromatic carbocycles. The van der Waals surface area contributed by atoms with Crippen molar-refractivity contribution in [2.75, 3.05) is 0 Å². The Kier molecular flexibility index (Phi) is 3.46. The van der Waals surface area contributed by atoms with E-state index in [1.165, 1.54) is 16.4 Å². The molecule has 0 unspecified atom stereocenters. The Labute approximate surface area is 106 Å². The van der Waals surface area contributed by atoms with Crippen LogP contribution in [0.4, 0.5) is 0 Å². The number of hydrogen-bond acceptors (Lipinski definition) is 2. The van der Waals surface area contributed by atoms with Gasteiger partial charge in [-0.2, -0.15) is 5.10 Å². The summed E-state index contributed by atoms with van der Waals surface area (Å²) >= 11 is 0. The molecular weight excluding hydrogens is 228 g/mol. The van der Waals surface area contributed by atoms with E-state index < -0.39 is 5.97 Å². The van der Waals surface area contributed by atoms with E-state index in [0.717, 1.165) is 18.4 Å². The maximum absolute atomic E-state index is 11.1. The number of aryl methyl sites for hydroxylation is 2. The van der Waals surface area contributed by atoms with Crippen molar-refractivity contribution in [3.8, 4) is 11.3 Å². The molecule has 0 saturated heterocycles. The van der Waals surface area contributed by atoms with Gasteiger partial charge in [0.15, 0.2) is 0 Å².